The molecule has 4 aliphatic rings. The Hall–Kier alpha value is -5.08. The van der Waals surface area contributed by atoms with Crippen LogP contribution in [0.2, 0.25) is 0 Å². The summed E-state index contributed by atoms with van der Waals surface area (Å²) >= 11 is -0.840. The molecule has 47 heavy (non-hydrogen) atoms. The standard InChI is InChI=1S/C40H26B2N4Te/c1-3-15-27(16-4-1)43-37-38-40(47-39(37)45-35-25-13-9-21-31(35)29-19-7-11-23-33(29)41(43)45)46-36-26-14-10-22-32(36)30-20-8-12-24-34(30)42(46)44(38)28-17-5-2-6-18-28/h1-26H. The maximum absolute atomic E-state index is 2.70. The Balaban J connectivity index is 1.25. The van der Waals surface area contributed by atoms with Crippen molar-refractivity contribution in [1.82, 2.24) is 0 Å². The molecule has 7 aromatic rings. The normalized spacial score (nSPS) is 14.6. The van der Waals surface area contributed by atoms with Crippen LogP contribution in [0.25, 0.3) is 22.3 Å². The molecule has 0 N–H and O–H groups in total. The van der Waals surface area contributed by atoms with Gasteiger partial charge in [-0.05, 0) is 0 Å². The van der Waals surface area contributed by atoms with E-state index < -0.39 is 20.4 Å². The monoisotopic (exact) mass is 714 g/mol. The van der Waals surface area contributed by atoms with E-state index in [2.05, 4.69) is 177 Å². The van der Waals surface area contributed by atoms with Gasteiger partial charge in [-0.1, -0.05) is 0 Å². The second-order valence-electron chi connectivity index (χ2n) is 12.5. The Labute approximate surface area is 284 Å². The molecule has 4 aliphatic heterocycles. The summed E-state index contributed by atoms with van der Waals surface area (Å²) in [6.07, 6.45) is 0. The molecule has 11 rings (SSSR count). The molecule has 0 saturated carbocycles. The minimum atomic E-state index is -0.840. The Morgan fingerprint density at radius 2 is 0.702 bits per heavy atom. The van der Waals surface area contributed by atoms with Crippen molar-refractivity contribution in [1.29, 1.82) is 0 Å². The Bertz CT molecular complexity index is 2210. The van der Waals surface area contributed by atoms with Crippen LogP contribution in [0.3, 0.4) is 0 Å². The zero-order valence-electron chi connectivity index (χ0n) is 25.4. The molecule has 0 bridgehead atoms. The van der Waals surface area contributed by atoms with Gasteiger partial charge in [0.05, 0.1) is 0 Å². The fourth-order valence-corrected chi connectivity index (χ4v) is 12.2. The van der Waals surface area contributed by atoms with Crippen molar-refractivity contribution in [3.05, 3.63) is 158 Å². The Morgan fingerprint density at radius 1 is 0.340 bits per heavy atom. The van der Waals surface area contributed by atoms with Crippen molar-refractivity contribution in [2.24, 2.45) is 0 Å². The molecule has 6 aromatic carbocycles. The summed E-state index contributed by atoms with van der Waals surface area (Å²) in [5.41, 5.74) is 15.8. The van der Waals surface area contributed by atoms with Gasteiger partial charge in [-0.3, -0.25) is 0 Å². The topological polar surface area (TPSA) is 13.0 Å². The number of nitrogens with zero attached hydrogens (tertiary/aromatic N) is 4. The van der Waals surface area contributed by atoms with Gasteiger partial charge in [-0.2, -0.15) is 0 Å². The SMILES string of the molecule is c1ccc(N2B3c4ccccc4-c4ccccc4N3c3[te]c4c(c32)N(c2ccccc2)B2c3ccccc3-c3ccccc3N24)cc1. The second-order valence-corrected chi connectivity index (χ2v) is 15.3. The first-order chi connectivity index (χ1) is 23.4. The van der Waals surface area contributed by atoms with Gasteiger partial charge in [0.15, 0.2) is 0 Å². The molecule has 0 unspecified atom stereocenters. The van der Waals surface area contributed by atoms with Crippen molar-refractivity contribution < 1.29 is 0 Å². The van der Waals surface area contributed by atoms with Crippen LogP contribution in [0.15, 0.2) is 158 Å². The van der Waals surface area contributed by atoms with Gasteiger partial charge < -0.3 is 0 Å². The van der Waals surface area contributed by atoms with Crippen molar-refractivity contribution in [2.75, 3.05) is 19.2 Å². The van der Waals surface area contributed by atoms with E-state index in [1.165, 1.54) is 74.7 Å². The van der Waals surface area contributed by atoms with Crippen molar-refractivity contribution in [3.63, 3.8) is 0 Å². The molecule has 0 amide bonds. The van der Waals surface area contributed by atoms with Crippen molar-refractivity contribution in [2.45, 2.75) is 0 Å². The summed E-state index contributed by atoms with van der Waals surface area (Å²) < 4.78 is 2.99. The number of anilines is 8. The zero-order chi connectivity index (χ0) is 30.6. The van der Waals surface area contributed by atoms with Gasteiger partial charge in [0.2, 0.25) is 0 Å². The Morgan fingerprint density at radius 3 is 1.15 bits per heavy atom. The first kappa shape index (κ1) is 26.0. The fourth-order valence-electron chi connectivity index (χ4n) is 8.36. The zero-order valence-corrected chi connectivity index (χ0v) is 27.7. The van der Waals surface area contributed by atoms with E-state index in [1.54, 1.807) is 0 Å². The number of rotatable bonds is 2. The summed E-state index contributed by atoms with van der Waals surface area (Å²) in [7, 11) is 0. The maximum atomic E-state index is 2.70. The van der Waals surface area contributed by atoms with E-state index in [-0.39, 0.29) is 14.0 Å². The molecule has 218 valence electrons. The van der Waals surface area contributed by atoms with Crippen LogP contribution in [-0.2, 0) is 0 Å². The average molecular weight is 712 g/mol. The van der Waals surface area contributed by atoms with Crippen LogP contribution in [-0.4, -0.2) is 34.4 Å². The molecule has 5 heterocycles. The molecule has 0 radical (unpaired) electrons. The predicted octanol–water partition coefficient (Wildman–Crippen LogP) is 8.07. The fraction of sp³-hybridized carbons (Fsp3) is 0. The van der Waals surface area contributed by atoms with Crippen LogP contribution >= 0.6 is 0 Å². The molecule has 0 spiro atoms. The molecular formula is C40H26B2N4Te. The number of fused-ring (bicyclic) bond motifs is 17. The number of para-hydroxylation sites is 4. The average Bonchev–Trinajstić information content (AvgIpc) is 3.79. The molecule has 7 heteroatoms. The van der Waals surface area contributed by atoms with E-state index in [0.717, 1.165) is 0 Å². The first-order valence-corrected chi connectivity index (χ1v) is 18.5. The van der Waals surface area contributed by atoms with Crippen molar-refractivity contribution >= 4 is 86.9 Å². The summed E-state index contributed by atoms with van der Waals surface area (Å²) in [6, 6.07) is 58.3. The summed E-state index contributed by atoms with van der Waals surface area (Å²) in [5, 5.41) is 0. The molecular weight excluding hydrogens is 686 g/mol. The van der Waals surface area contributed by atoms with Gasteiger partial charge in [0.25, 0.3) is 0 Å². The molecule has 0 atom stereocenters. The molecule has 1 aromatic heterocycles. The van der Waals surface area contributed by atoms with E-state index in [1.807, 2.05) is 0 Å². The van der Waals surface area contributed by atoms with E-state index in [9.17, 15) is 0 Å². The molecule has 0 aliphatic carbocycles. The quantitative estimate of drug-likeness (QED) is 0.168. The number of benzene rings is 6. The molecule has 0 fully saturated rings. The predicted molar refractivity (Wildman–Crippen MR) is 199 cm³/mol. The number of hydrogen-bond acceptors (Lipinski definition) is 4. The summed E-state index contributed by atoms with van der Waals surface area (Å²) in [4.78, 5) is 10.7. The third-order valence-electron chi connectivity index (χ3n) is 10.2. The van der Waals surface area contributed by atoms with E-state index >= 15 is 0 Å². The summed E-state index contributed by atoms with van der Waals surface area (Å²) in [5.74, 6) is 0. The minimum absolute atomic E-state index is 0.0440. The van der Waals surface area contributed by atoms with Gasteiger partial charge in [0.1, 0.15) is 0 Å². The van der Waals surface area contributed by atoms with Gasteiger partial charge in [-0.15, -0.1) is 0 Å². The third-order valence-corrected chi connectivity index (χ3v) is 13.5. The van der Waals surface area contributed by atoms with Crippen LogP contribution in [0.4, 0.5) is 41.5 Å². The number of hydrogen-bond donors (Lipinski definition) is 0. The molecule has 0 saturated heterocycles. The van der Waals surface area contributed by atoms with Crippen LogP contribution in [0.5, 0.6) is 0 Å². The van der Waals surface area contributed by atoms with E-state index in [0.29, 0.717) is 0 Å². The van der Waals surface area contributed by atoms with E-state index in [4.69, 9.17) is 0 Å². The van der Waals surface area contributed by atoms with Crippen LogP contribution < -0.4 is 30.2 Å². The third kappa shape index (κ3) is 3.40. The van der Waals surface area contributed by atoms with Gasteiger partial charge >= 0.3 is 286 Å². The van der Waals surface area contributed by atoms with Crippen molar-refractivity contribution in [3.8, 4) is 22.3 Å². The van der Waals surface area contributed by atoms with Crippen LogP contribution in [0, 0.1) is 0 Å². The second kappa shape index (κ2) is 9.72. The summed E-state index contributed by atoms with van der Waals surface area (Å²) in [6.45, 7) is 0.0879. The van der Waals surface area contributed by atoms with Gasteiger partial charge in [0, 0.05) is 0 Å². The van der Waals surface area contributed by atoms with Gasteiger partial charge in [-0.25, -0.2) is 0 Å². The van der Waals surface area contributed by atoms with Crippen LogP contribution in [0.1, 0.15) is 0 Å². The molecule has 4 nitrogen and oxygen atoms in total. The first-order valence-electron chi connectivity index (χ1n) is 16.2. The Kier molecular flexibility index (Phi) is 5.38.